The second-order valence-corrected chi connectivity index (χ2v) is 6.33. The predicted molar refractivity (Wildman–Crippen MR) is 100 cm³/mol. The van der Waals surface area contributed by atoms with Gasteiger partial charge in [0.1, 0.15) is 5.75 Å². The van der Waals surface area contributed by atoms with Crippen LogP contribution in [0.1, 0.15) is 9.67 Å². The van der Waals surface area contributed by atoms with Gasteiger partial charge in [0.2, 0.25) is 5.88 Å². The Kier molecular flexibility index (Phi) is 4.44. The van der Waals surface area contributed by atoms with Crippen molar-refractivity contribution in [3.63, 3.8) is 0 Å². The quantitative estimate of drug-likeness (QED) is 0.572. The summed E-state index contributed by atoms with van der Waals surface area (Å²) in [6.45, 7) is 0. The summed E-state index contributed by atoms with van der Waals surface area (Å²) in [5.74, 6) is 1.60. The lowest BCUT2D eigenvalue weighted by Gasteiger charge is -2.07. The number of nitrogens with one attached hydrogen (secondary N) is 1. The average Bonchev–Trinajstić information content (AvgIpc) is 3.38. The Balaban J connectivity index is 1.40. The first kappa shape index (κ1) is 16.0. The highest BCUT2D eigenvalue weighted by Crippen LogP contribution is 2.22. The fourth-order valence-corrected chi connectivity index (χ4v) is 2.94. The number of rotatable bonds is 5. The van der Waals surface area contributed by atoms with E-state index in [1.807, 2.05) is 46.6 Å². The number of nitrogens with zero attached hydrogens (tertiary/aromatic N) is 3. The van der Waals surface area contributed by atoms with Gasteiger partial charge in [-0.25, -0.2) is 0 Å². The van der Waals surface area contributed by atoms with E-state index in [2.05, 4.69) is 15.5 Å². The number of carbonyl (C=O) groups is 1. The molecule has 3 aromatic heterocycles. The second kappa shape index (κ2) is 7.20. The van der Waals surface area contributed by atoms with Crippen LogP contribution < -0.4 is 10.1 Å². The summed E-state index contributed by atoms with van der Waals surface area (Å²) in [4.78, 5) is 12.7. The molecule has 0 aliphatic heterocycles. The third kappa shape index (κ3) is 3.62. The number of hydrogen-bond acceptors (Lipinski definition) is 5. The molecule has 0 spiro atoms. The van der Waals surface area contributed by atoms with Crippen LogP contribution >= 0.6 is 11.3 Å². The molecule has 7 heteroatoms. The van der Waals surface area contributed by atoms with E-state index in [4.69, 9.17) is 4.74 Å². The smallest absolute Gasteiger partial charge is 0.265 e. The maximum Gasteiger partial charge on any atom is 0.265 e. The van der Waals surface area contributed by atoms with Crippen LogP contribution in [0.25, 0.3) is 5.82 Å². The third-order valence-corrected chi connectivity index (χ3v) is 4.44. The Morgan fingerprint density at radius 3 is 2.42 bits per heavy atom. The van der Waals surface area contributed by atoms with Gasteiger partial charge in [-0.05, 0) is 53.9 Å². The normalized spacial score (nSPS) is 10.5. The zero-order valence-corrected chi connectivity index (χ0v) is 14.4. The molecule has 1 N–H and O–H groups in total. The molecular weight excluding hydrogens is 348 g/mol. The number of amides is 1. The average molecular weight is 362 g/mol. The van der Waals surface area contributed by atoms with Gasteiger partial charge >= 0.3 is 0 Å². The molecule has 1 amide bonds. The predicted octanol–water partition coefficient (Wildman–Crippen LogP) is 4.37. The fraction of sp³-hybridized carbons (Fsp3) is 0. The summed E-state index contributed by atoms with van der Waals surface area (Å²) < 4.78 is 7.55. The SMILES string of the molecule is O=C(Nc1ccc(Oc2ccc(-n3cccc3)nn2)cc1)c1cccs1. The molecule has 26 heavy (non-hydrogen) atoms. The van der Waals surface area contributed by atoms with Gasteiger partial charge < -0.3 is 14.6 Å². The topological polar surface area (TPSA) is 69.0 Å². The largest absolute Gasteiger partial charge is 0.438 e. The standard InChI is InChI=1S/C19H14N4O2S/c24-19(16-4-3-13-26-16)20-14-5-7-15(8-6-14)25-18-10-9-17(21-22-18)23-11-1-2-12-23/h1-13H,(H,20,24). The van der Waals surface area contributed by atoms with Crippen LogP contribution in [0.5, 0.6) is 11.6 Å². The van der Waals surface area contributed by atoms with E-state index >= 15 is 0 Å². The molecule has 4 rings (SSSR count). The van der Waals surface area contributed by atoms with Crippen molar-refractivity contribution >= 4 is 22.9 Å². The second-order valence-electron chi connectivity index (χ2n) is 5.38. The molecule has 3 heterocycles. The van der Waals surface area contributed by atoms with Gasteiger partial charge in [-0.2, -0.15) is 0 Å². The van der Waals surface area contributed by atoms with E-state index in [-0.39, 0.29) is 5.91 Å². The molecule has 0 radical (unpaired) electrons. The molecule has 128 valence electrons. The van der Waals surface area contributed by atoms with Crippen LogP contribution in [-0.4, -0.2) is 20.7 Å². The van der Waals surface area contributed by atoms with Crippen LogP contribution in [0.15, 0.2) is 78.4 Å². The Labute approximate surface area is 153 Å². The van der Waals surface area contributed by atoms with Gasteiger partial charge in [-0.1, -0.05) is 6.07 Å². The van der Waals surface area contributed by atoms with Crippen molar-refractivity contribution in [1.29, 1.82) is 0 Å². The fourth-order valence-electron chi connectivity index (χ4n) is 2.32. The summed E-state index contributed by atoms with van der Waals surface area (Å²) in [6, 6.07) is 18.2. The molecule has 0 unspecified atom stereocenters. The highest BCUT2D eigenvalue weighted by atomic mass is 32.1. The van der Waals surface area contributed by atoms with Gasteiger partial charge in [0, 0.05) is 24.1 Å². The molecule has 0 fully saturated rings. The van der Waals surface area contributed by atoms with Gasteiger partial charge in [0.15, 0.2) is 5.82 Å². The van der Waals surface area contributed by atoms with E-state index in [0.29, 0.717) is 28.0 Å². The van der Waals surface area contributed by atoms with E-state index in [0.717, 1.165) is 0 Å². The van der Waals surface area contributed by atoms with Gasteiger partial charge in [-0.15, -0.1) is 21.5 Å². The lowest BCUT2D eigenvalue weighted by molar-refractivity contribution is 0.103. The lowest BCUT2D eigenvalue weighted by Crippen LogP contribution is -2.09. The molecule has 0 saturated carbocycles. The van der Waals surface area contributed by atoms with Crippen molar-refractivity contribution in [1.82, 2.24) is 14.8 Å². The summed E-state index contributed by atoms with van der Waals surface area (Å²) in [5.41, 5.74) is 0.699. The third-order valence-electron chi connectivity index (χ3n) is 3.57. The molecule has 1 aromatic carbocycles. The Morgan fingerprint density at radius 1 is 0.962 bits per heavy atom. The van der Waals surface area contributed by atoms with Crippen LogP contribution in [0.4, 0.5) is 5.69 Å². The summed E-state index contributed by atoms with van der Waals surface area (Å²) in [6.07, 6.45) is 3.79. The van der Waals surface area contributed by atoms with E-state index in [1.54, 1.807) is 36.4 Å². The minimum atomic E-state index is -0.125. The summed E-state index contributed by atoms with van der Waals surface area (Å²) >= 11 is 1.40. The van der Waals surface area contributed by atoms with Crippen LogP contribution in [0.2, 0.25) is 0 Å². The molecule has 0 aliphatic rings. The van der Waals surface area contributed by atoms with Crippen LogP contribution in [0, 0.1) is 0 Å². The van der Waals surface area contributed by atoms with Gasteiger partial charge in [0.25, 0.3) is 5.91 Å². The maximum absolute atomic E-state index is 12.0. The minimum Gasteiger partial charge on any atom is -0.438 e. The summed E-state index contributed by atoms with van der Waals surface area (Å²) in [7, 11) is 0. The number of benzene rings is 1. The van der Waals surface area contributed by atoms with Crippen LogP contribution in [0.3, 0.4) is 0 Å². The Morgan fingerprint density at radius 2 is 1.77 bits per heavy atom. The number of carbonyl (C=O) groups excluding carboxylic acids is 1. The molecule has 0 atom stereocenters. The number of thiophene rings is 1. The molecule has 0 aliphatic carbocycles. The highest BCUT2D eigenvalue weighted by Gasteiger charge is 2.07. The molecule has 4 aromatic rings. The number of ether oxygens (including phenoxy) is 1. The molecule has 6 nitrogen and oxygen atoms in total. The van der Waals surface area contributed by atoms with E-state index in [9.17, 15) is 4.79 Å². The first-order valence-corrected chi connectivity index (χ1v) is 8.76. The molecule has 0 saturated heterocycles. The first-order chi connectivity index (χ1) is 12.8. The zero-order chi connectivity index (χ0) is 17.8. The minimum absolute atomic E-state index is 0.125. The lowest BCUT2D eigenvalue weighted by atomic mass is 10.3. The first-order valence-electron chi connectivity index (χ1n) is 7.88. The maximum atomic E-state index is 12.0. The van der Waals surface area contributed by atoms with Crippen molar-refractivity contribution in [3.8, 4) is 17.4 Å². The Bertz CT molecular complexity index is 979. The number of anilines is 1. The summed E-state index contributed by atoms with van der Waals surface area (Å²) in [5, 5.41) is 12.9. The van der Waals surface area contributed by atoms with Crippen molar-refractivity contribution < 1.29 is 9.53 Å². The van der Waals surface area contributed by atoms with Crippen LogP contribution in [-0.2, 0) is 0 Å². The monoisotopic (exact) mass is 362 g/mol. The Hall–Kier alpha value is -3.45. The van der Waals surface area contributed by atoms with Crippen molar-refractivity contribution in [2.45, 2.75) is 0 Å². The van der Waals surface area contributed by atoms with E-state index < -0.39 is 0 Å². The van der Waals surface area contributed by atoms with Gasteiger partial charge in [-0.3, -0.25) is 4.79 Å². The molecule has 0 bridgehead atoms. The zero-order valence-electron chi connectivity index (χ0n) is 13.6. The van der Waals surface area contributed by atoms with Crippen molar-refractivity contribution in [2.24, 2.45) is 0 Å². The van der Waals surface area contributed by atoms with Crippen molar-refractivity contribution in [3.05, 3.63) is 83.3 Å². The number of aromatic nitrogens is 3. The molecular formula is C19H14N4O2S. The van der Waals surface area contributed by atoms with Gasteiger partial charge in [0.05, 0.1) is 4.88 Å². The number of hydrogen-bond donors (Lipinski definition) is 1. The van der Waals surface area contributed by atoms with E-state index in [1.165, 1.54) is 11.3 Å². The highest BCUT2D eigenvalue weighted by molar-refractivity contribution is 7.12. The van der Waals surface area contributed by atoms with Crippen molar-refractivity contribution in [2.75, 3.05) is 5.32 Å².